The van der Waals surface area contributed by atoms with Crippen LogP contribution in [0.5, 0.6) is 5.75 Å². The number of benzene rings is 1. The van der Waals surface area contributed by atoms with E-state index in [0.717, 1.165) is 0 Å². The molecule has 1 heterocycles. The molecule has 0 atom stereocenters. The molecule has 16 heavy (non-hydrogen) atoms. The average molecular weight is 222 g/mol. The van der Waals surface area contributed by atoms with Crippen LogP contribution < -0.4 is 4.74 Å². The lowest BCUT2D eigenvalue weighted by Gasteiger charge is -2.05. The van der Waals surface area contributed by atoms with E-state index in [9.17, 15) is 4.39 Å². The van der Waals surface area contributed by atoms with Crippen molar-refractivity contribution < 1.29 is 14.2 Å². The smallest absolute Gasteiger partial charge is 0.141 e. The molecule has 0 amide bonds. The number of aliphatic hydroxyl groups is 1. The van der Waals surface area contributed by atoms with Crippen LogP contribution in [0.1, 0.15) is 5.69 Å². The van der Waals surface area contributed by atoms with E-state index in [1.165, 1.54) is 25.4 Å². The number of hydrogen-bond donors (Lipinski definition) is 2. The maximum atomic E-state index is 13.0. The summed E-state index contributed by atoms with van der Waals surface area (Å²) in [7, 11) is 1.47. The van der Waals surface area contributed by atoms with Crippen molar-refractivity contribution in [3.63, 3.8) is 0 Å². The molecule has 0 saturated carbocycles. The maximum absolute atomic E-state index is 13.0. The monoisotopic (exact) mass is 222 g/mol. The maximum Gasteiger partial charge on any atom is 0.141 e. The zero-order valence-electron chi connectivity index (χ0n) is 8.70. The molecule has 1 aromatic carbocycles. The summed E-state index contributed by atoms with van der Waals surface area (Å²) >= 11 is 0. The van der Waals surface area contributed by atoms with Gasteiger partial charge in [0.1, 0.15) is 17.4 Å². The first kappa shape index (κ1) is 10.6. The molecule has 0 saturated heterocycles. The van der Waals surface area contributed by atoms with Crippen LogP contribution in [0.25, 0.3) is 11.4 Å². The molecule has 0 fully saturated rings. The summed E-state index contributed by atoms with van der Waals surface area (Å²) in [4.78, 5) is 6.99. The predicted molar refractivity (Wildman–Crippen MR) is 56.5 cm³/mol. The summed E-state index contributed by atoms with van der Waals surface area (Å²) in [6, 6.07) is 4.20. The fraction of sp³-hybridized carbons (Fsp3) is 0.182. The Morgan fingerprint density at radius 1 is 1.50 bits per heavy atom. The Hall–Kier alpha value is -1.88. The molecule has 1 aromatic heterocycles. The lowest BCUT2D eigenvalue weighted by molar-refractivity contribution is 0.277. The van der Waals surface area contributed by atoms with Crippen molar-refractivity contribution in [1.82, 2.24) is 9.97 Å². The SMILES string of the molecule is COc1cc(F)ccc1-c1ncc(CO)[nH]1. The van der Waals surface area contributed by atoms with Gasteiger partial charge in [0.25, 0.3) is 0 Å². The number of ether oxygens (including phenoxy) is 1. The van der Waals surface area contributed by atoms with E-state index in [2.05, 4.69) is 9.97 Å². The number of methoxy groups -OCH3 is 1. The highest BCUT2D eigenvalue weighted by Gasteiger charge is 2.10. The van der Waals surface area contributed by atoms with Gasteiger partial charge >= 0.3 is 0 Å². The number of nitrogens with one attached hydrogen (secondary N) is 1. The first-order valence-electron chi connectivity index (χ1n) is 4.73. The van der Waals surface area contributed by atoms with Crippen molar-refractivity contribution in [3.05, 3.63) is 35.9 Å². The van der Waals surface area contributed by atoms with Crippen LogP contribution in [0.3, 0.4) is 0 Å². The quantitative estimate of drug-likeness (QED) is 0.831. The number of nitrogens with zero attached hydrogens (tertiary/aromatic N) is 1. The Bertz CT molecular complexity index is 496. The van der Waals surface area contributed by atoms with E-state index in [4.69, 9.17) is 9.84 Å². The van der Waals surface area contributed by atoms with Crippen molar-refractivity contribution in [2.75, 3.05) is 7.11 Å². The molecule has 0 bridgehead atoms. The zero-order valence-corrected chi connectivity index (χ0v) is 8.70. The molecule has 2 N–H and O–H groups in total. The Morgan fingerprint density at radius 2 is 2.31 bits per heavy atom. The number of aromatic nitrogens is 2. The number of halogens is 1. The Morgan fingerprint density at radius 3 is 2.94 bits per heavy atom. The summed E-state index contributed by atoms with van der Waals surface area (Å²) in [5.74, 6) is 0.578. The molecule has 0 spiro atoms. The molecule has 2 rings (SSSR count). The molecular formula is C11H11FN2O2. The second kappa shape index (κ2) is 4.32. The highest BCUT2D eigenvalue weighted by Crippen LogP contribution is 2.28. The van der Waals surface area contributed by atoms with E-state index in [-0.39, 0.29) is 12.4 Å². The lowest BCUT2D eigenvalue weighted by atomic mass is 10.2. The van der Waals surface area contributed by atoms with Gasteiger partial charge < -0.3 is 14.8 Å². The minimum absolute atomic E-state index is 0.115. The third kappa shape index (κ3) is 1.90. The minimum atomic E-state index is -0.366. The van der Waals surface area contributed by atoms with Gasteiger partial charge in [0.15, 0.2) is 0 Å². The van der Waals surface area contributed by atoms with Crippen molar-refractivity contribution in [1.29, 1.82) is 0 Å². The Balaban J connectivity index is 2.46. The summed E-state index contributed by atoms with van der Waals surface area (Å²) in [5.41, 5.74) is 1.25. The molecular weight excluding hydrogens is 211 g/mol. The summed E-state index contributed by atoms with van der Waals surface area (Å²) < 4.78 is 18.0. The first-order chi connectivity index (χ1) is 7.74. The standard InChI is InChI=1S/C11H11FN2O2/c1-16-10-4-7(12)2-3-9(10)11-13-5-8(6-15)14-11/h2-5,15H,6H2,1H3,(H,13,14). The van der Waals surface area contributed by atoms with Crippen molar-refractivity contribution in [2.45, 2.75) is 6.61 Å². The van der Waals surface area contributed by atoms with Gasteiger partial charge in [-0.1, -0.05) is 0 Å². The number of aromatic amines is 1. The van der Waals surface area contributed by atoms with Gasteiger partial charge in [0, 0.05) is 6.07 Å². The van der Waals surface area contributed by atoms with Crippen LogP contribution in [-0.4, -0.2) is 22.2 Å². The molecule has 0 radical (unpaired) electrons. The molecule has 0 aliphatic heterocycles. The van der Waals surface area contributed by atoms with Crippen LogP contribution in [-0.2, 0) is 6.61 Å². The normalized spacial score (nSPS) is 10.4. The molecule has 0 aliphatic carbocycles. The number of aliphatic hydroxyl groups excluding tert-OH is 1. The Kier molecular flexibility index (Phi) is 2.87. The fourth-order valence-electron chi connectivity index (χ4n) is 1.44. The van der Waals surface area contributed by atoms with Crippen LogP contribution in [0.15, 0.2) is 24.4 Å². The van der Waals surface area contributed by atoms with Gasteiger partial charge in [-0.3, -0.25) is 0 Å². The van der Waals surface area contributed by atoms with E-state index in [1.807, 2.05) is 0 Å². The van der Waals surface area contributed by atoms with E-state index in [0.29, 0.717) is 22.8 Å². The molecule has 84 valence electrons. The summed E-state index contributed by atoms with van der Waals surface area (Å²) in [6.07, 6.45) is 1.53. The van der Waals surface area contributed by atoms with Crippen LogP contribution >= 0.6 is 0 Å². The molecule has 0 unspecified atom stereocenters. The van der Waals surface area contributed by atoms with Gasteiger partial charge in [-0.25, -0.2) is 9.37 Å². The predicted octanol–water partition coefficient (Wildman–Crippen LogP) is 1.72. The number of imidazole rings is 1. The molecule has 0 aliphatic rings. The van der Waals surface area contributed by atoms with Gasteiger partial charge in [0.2, 0.25) is 0 Å². The van der Waals surface area contributed by atoms with E-state index < -0.39 is 0 Å². The third-order valence-electron chi connectivity index (χ3n) is 2.22. The molecule has 4 nitrogen and oxygen atoms in total. The highest BCUT2D eigenvalue weighted by molar-refractivity contribution is 5.64. The Labute approximate surface area is 91.7 Å². The topological polar surface area (TPSA) is 58.1 Å². The van der Waals surface area contributed by atoms with Crippen LogP contribution in [0.4, 0.5) is 4.39 Å². The van der Waals surface area contributed by atoms with Gasteiger partial charge in [0.05, 0.1) is 31.2 Å². The van der Waals surface area contributed by atoms with Crippen molar-refractivity contribution in [3.8, 4) is 17.1 Å². The third-order valence-corrected chi connectivity index (χ3v) is 2.22. The summed E-state index contributed by atoms with van der Waals surface area (Å²) in [5, 5.41) is 8.91. The van der Waals surface area contributed by atoms with Gasteiger partial charge in [-0.05, 0) is 12.1 Å². The minimum Gasteiger partial charge on any atom is -0.496 e. The van der Waals surface area contributed by atoms with Crippen molar-refractivity contribution >= 4 is 0 Å². The van der Waals surface area contributed by atoms with Crippen LogP contribution in [0, 0.1) is 5.82 Å². The van der Waals surface area contributed by atoms with Crippen LogP contribution in [0.2, 0.25) is 0 Å². The second-order valence-electron chi connectivity index (χ2n) is 3.26. The van der Waals surface area contributed by atoms with Crippen molar-refractivity contribution in [2.24, 2.45) is 0 Å². The fourth-order valence-corrected chi connectivity index (χ4v) is 1.44. The second-order valence-corrected chi connectivity index (χ2v) is 3.26. The number of rotatable bonds is 3. The number of H-pyrrole nitrogens is 1. The average Bonchev–Trinajstić information content (AvgIpc) is 2.77. The summed E-state index contributed by atoms with van der Waals surface area (Å²) in [6.45, 7) is -0.115. The number of hydrogen-bond acceptors (Lipinski definition) is 3. The van der Waals surface area contributed by atoms with Gasteiger partial charge in [-0.2, -0.15) is 0 Å². The molecule has 5 heteroatoms. The van der Waals surface area contributed by atoms with E-state index >= 15 is 0 Å². The molecule has 2 aromatic rings. The first-order valence-corrected chi connectivity index (χ1v) is 4.73. The highest BCUT2D eigenvalue weighted by atomic mass is 19.1. The lowest BCUT2D eigenvalue weighted by Crippen LogP contribution is -1.91. The largest absolute Gasteiger partial charge is 0.496 e. The zero-order chi connectivity index (χ0) is 11.5. The van der Waals surface area contributed by atoms with E-state index in [1.54, 1.807) is 6.07 Å². The van der Waals surface area contributed by atoms with Gasteiger partial charge in [-0.15, -0.1) is 0 Å².